The molecule has 11 nitrogen and oxygen atoms in total. The number of methoxy groups -OCH3 is 1. The maximum absolute atomic E-state index is 12.5. The molecule has 228 valence electrons. The molecule has 12 heteroatoms. The van der Waals surface area contributed by atoms with Crippen LogP contribution >= 0.6 is 0 Å². The quantitative estimate of drug-likeness (QED) is 0.300. The van der Waals surface area contributed by atoms with Crippen molar-refractivity contribution in [1.29, 1.82) is 0 Å². The zero-order valence-electron chi connectivity index (χ0n) is 24.9. The van der Waals surface area contributed by atoms with E-state index in [0.717, 1.165) is 80.4 Å². The SMILES string of the molecule is CCN(c1ccccc1-c1ccc2cnc(Nc3ccc(N4CCC(N5CCOCC5)CC4)cc3OC)nn12)S(C)(=O)=O. The van der Waals surface area contributed by atoms with Crippen LogP contribution in [-0.2, 0) is 14.8 Å². The Kier molecular flexibility index (Phi) is 8.42. The highest BCUT2D eigenvalue weighted by molar-refractivity contribution is 7.92. The first kappa shape index (κ1) is 29.2. The van der Waals surface area contributed by atoms with Gasteiger partial charge in [-0.3, -0.25) is 9.21 Å². The van der Waals surface area contributed by atoms with Gasteiger partial charge < -0.3 is 19.7 Å². The Hall–Kier alpha value is -3.87. The summed E-state index contributed by atoms with van der Waals surface area (Å²) in [5, 5.41) is 8.11. The van der Waals surface area contributed by atoms with Crippen LogP contribution in [0.15, 0.2) is 60.8 Å². The Bertz CT molecular complexity index is 1680. The van der Waals surface area contributed by atoms with Gasteiger partial charge in [-0.05, 0) is 50.1 Å². The fourth-order valence-electron chi connectivity index (χ4n) is 6.19. The van der Waals surface area contributed by atoms with E-state index in [9.17, 15) is 8.42 Å². The monoisotopic (exact) mass is 605 g/mol. The van der Waals surface area contributed by atoms with E-state index in [0.29, 0.717) is 30.0 Å². The molecule has 2 aliphatic rings. The maximum Gasteiger partial charge on any atom is 0.245 e. The van der Waals surface area contributed by atoms with Crippen LogP contribution in [-0.4, -0.2) is 93.3 Å². The molecule has 0 unspecified atom stereocenters. The largest absolute Gasteiger partial charge is 0.494 e. The average molecular weight is 606 g/mol. The van der Waals surface area contributed by atoms with E-state index in [2.05, 4.69) is 32.2 Å². The van der Waals surface area contributed by atoms with Crippen LogP contribution in [0.5, 0.6) is 5.75 Å². The standard InChI is InChI=1S/C31H39N7O4S/c1-4-37(43(3,39)40)28-8-6-5-7-26(28)29-12-10-25-22-32-31(34-38(25)29)33-27-11-9-24(21-30(27)41-2)35-15-13-23(14-16-35)36-17-19-42-20-18-36/h5-12,21-23H,4,13-20H2,1-3H3,(H,33,34). The number of benzene rings is 2. The van der Waals surface area contributed by atoms with Crippen molar-refractivity contribution in [1.82, 2.24) is 19.5 Å². The average Bonchev–Trinajstić information content (AvgIpc) is 3.45. The Morgan fingerprint density at radius 3 is 2.53 bits per heavy atom. The molecule has 0 atom stereocenters. The summed E-state index contributed by atoms with van der Waals surface area (Å²) in [6.45, 7) is 7.88. The predicted octanol–water partition coefficient (Wildman–Crippen LogP) is 4.24. The second kappa shape index (κ2) is 12.4. The Balaban J connectivity index is 1.23. The van der Waals surface area contributed by atoms with E-state index < -0.39 is 10.0 Å². The number of ether oxygens (including phenoxy) is 2. The summed E-state index contributed by atoms with van der Waals surface area (Å²) in [6, 6.07) is 18.1. The fraction of sp³-hybridized carbons (Fsp3) is 0.419. The first-order valence-electron chi connectivity index (χ1n) is 14.8. The third-order valence-corrected chi connectivity index (χ3v) is 9.61. The number of para-hydroxylation sites is 1. The van der Waals surface area contributed by atoms with Crippen LogP contribution in [0.2, 0.25) is 0 Å². The molecule has 2 aromatic heterocycles. The summed E-state index contributed by atoms with van der Waals surface area (Å²) in [4.78, 5) is 9.53. The third kappa shape index (κ3) is 6.13. The minimum Gasteiger partial charge on any atom is -0.494 e. The summed E-state index contributed by atoms with van der Waals surface area (Å²) in [5.41, 5.74) is 4.82. The Morgan fingerprint density at radius 1 is 1.05 bits per heavy atom. The van der Waals surface area contributed by atoms with Crippen molar-refractivity contribution >= 4 is 38.6 Å². The maximum atomic E-state index is 12.5. The third-order valence-electron chi connectivity index (χ3n) is 8.36. The van der Waals surface area contributed by atoms with E-state index in [-0.39, 0.29) is 0 Å². The topological polar surface area (TPSA) is 105 Å². The Morgan fingerprint density at radius 2 is 1.81 bits per heavy atom. The van der Waals surface area contributed by atoms with E-state index in [4.69, 9.17) is 14.6 Å². The van der Waals surface area contributed by atoms with E-state index in [1.165, 1.54) is 10.6 Å². The number of morpholine rings is 1. The summed E-state index contributed by atoms with van der Waals surface area (Å²) >= 11 is 0. The van der Waals surface area contributed by atoms with Gasteiger partial charge in [0.1, 0.15) is 5.75 Å². The van der Waals surface area contributed by atoms with Crippen molar-refractivity contribution in [2.75, 3.05) is 73.8 Å². The second-order valence-corrected chi connectivity index (χ2v) is 12.9. The van der Waals surface area contributed by atoms with E-state index in [1.54, 1.807) is 17.8 Å². The summed E-state index contributed by atoms with van der Waals surface area (Å²) in [5.74, 6) is 1.11. The van der Waals surface area contributed by atoms with Crippen molar-refractivity contribution in [3.05, 3.63) is 60.8 Å². The first-order valence-corrected chi connectivity index (χ1v) is 16.6. The number of anilines is 4. The molecule has 2 aromatic carbocycles. The minimum atomic E-state index is -3.46. The van der Waals surface area contributed by atoms with Crippen LogP contribution in [0, 0.1) is 0 Å². The Labute approximate surface area is 253 Å². The number of hydrogen-bond acceptors (Lipinski definition) is 9. The van der Waals surface area contributed by atoms with Gasteiger partial charge in [0, 0.05) is 56.1 Å². The van der Waals surface area contributed by atoms with Crippen LogP contribution < -0.4 is 19.3 Å². The summed E-state index contributed by atoms with van der Waals surface area (Å²) in [7, 11) is -1.79. The molecule has 0 spiro atoms. The molecular weight excluding hydrogens is 566 g/mol. The van der Waals surface area contributed by atoms with Gasteiger partial charge in [-0.1, -0.05) is 18.2 Å². The minimum absolute atomic E-state index is 0.322. The number of aromatic nitrogens is 3. The normalized spacial score (nSPS) is 16.9. The van der Waals surface area contributed by atoms with E-state index in [1.807, 2.05) is 49.4 Å². The van der Waals surface area contributed by atoms with Crippen LogP contribution in [0.3, 0.4) is 0 Å². The molecule has 43 heavy (non-hydrogen) atoms. The molecular formula is C31H39N7O4S. The van der Waals surface area contributed by atoms with Crippen molar-refractivity contribution in [2.24, 2.45) is 0 Å². The lowest BCUT2D eigenvalue weighted by atomic mass is 10.0. The number of piperidine rings is 1. The lowest BCUT2D eigenvalue weighted by Crippen LogP contribution is -2.49. The van der Waals surface area contributed by atoms with Crippen LogP contribution in [0.25, 0.3) is 16.8 Å². The van der Waals surface area contributed by atoms with Gasteiger partial charge >= 0.3 is 0 Å². The van der Waals surface area contributed by atoms with Gasteiger partial charge in [0.25, 0.3) is 0 Å². The number of fused-ring (bicyclic) bond motifs is 1. The van der Waals surface area contributed by atoms with Gasteiger partial charge in [0.2, 0.25) is 16.0 Å². The van der Waals surface area contributed by atoms with Crippen molar-refractivity contribution in [3.8, 4) is 17.0 Å². The molecule has 0 saturated carbocycles. The summed E-state index contributed by atoms with van der Waals surface area (Å²) < 4.78 is 39.6. The predicted molar refractivity (Wildman–Crippen MR) is 170 cm³/mol. The number of sulfonamides is 1. The lowest BCUT2D eigenvalue weighted by Gasteiger charge is -2.40. The van der Waals surface area contributed by atoms with Crippen molar-refractivity contribution < 1.29 is 17.9 Å². The first-order chi connectivity index (χ1) is 20.9. The molecule has 2 aliphatic heterocycles. The smallest absolute Gasteiger partial charge is 0.245 e. The highest BCUT2D eigenvalue weighted by Gasteiger charge is 2.26. The van der Waals surface area contributed by atoms with Gasteiger partial charge in [0.05, 0.1) is 55.4 Å². The molecule has 1 N–H and O–H groups in total. The number of nitrogens with zero attached hydrogens (tertiary/aromatic N) is 6. The molecule has 4 aromatic rings. The molecule has 0 amide bonds. The van der Waals surface area contributed by atoms with Gasteiger partial charge in [0.15, 0.2) is 0 Å². The van der Waals surface area contributed by atoms with Crippen molar-refractivity contribution in [2.45, 2.75) is 25.8 Å². The van der Waals surface area contributed by atoms with Gasteiger partial charge in [-0.15, -0.1) is 5.10 Å². The van der Waals surface area contributed by atoms with Crippen molar-refractivity contribution in [3.63, 3.8) is 0 Å². The molecule has 0 radical (unpaired) electrons. The van der Waals surface area contributed by atoms with Crippen LogP contribution in [0.4, 0.5) is 23.0 Å². The number of rotatable bonds is 9. The lowest BCUT2D eigenvalue weighted by molar-refractivity contribution is 0.0115. The molecule has 0 bridgehead atoms. The van der Waals surface area contributed by atoms with Gasteiger partial charge in [-0.2, -0.15) is 0 Å². The molecule has 0 aliphatic carbocycles. The fourth-order valence-corrected chi connectivity index (χ4v) is 7.17. The van der Waals surface area contributed by atoms with Crippen LogP contribution in [0.1, 0.15) is 19.8 Å². The zero-order chi connectivity index (χ0) is 30.0. The second-order valence-electron chi connectivity index (χ2n) is 11.0. The zero-order valence-corrected chi connectivity index (χ0v) is 25.8. The van der Waals surface area contributed by atoms with E-state index >= 15 is 0 Å². The molecule has 2 fully saturated rings. The van der Waals surface area contributed by atoms with Gasteiger partial charge in [-0.25, -0.2) is 17.9 Å². The molecule has 2 saturated heterocycles. The number of nitrogens with one attached hydrogen (secondary N) is 1. The summed E-state index contributed by atoms with van der Waals surface area (Å²) in [6.07, 6.45) is 5.24. The highest BCUT2D eigenvalue weighted by Crippen LogP contribution is 2.35. The molecule has 4 heterocycles. The molecule has 6 rings (SSSR count). The number of hydrogen-bond donors (Lipinski definition) is 1. The highest BCUT2D eigenvalue weighted by atomic mass is 32.2.